The predicted molar refractivity (Wildman–Crippen MR) is 120 cm³/mol. The summed E-state index contributed by atoms with van der Waals surface area (Å²) in [5, 5.41) is 7.52. The Morgan fingerprint density at radius 3 is 2.61 bits per heavy atom. The maximum atomic E-state index is 14.1. The number of aromatic nitrogens is 2. The van der Waals surface area contributed by atoms with Crippen LogP contribution in [0.2, 0.25) is 5.02 Å². The number of hydrogen-bond donors (Lipinski definition) is 1. The second kappa shape index (κ2) is 8.34. The summed E-state index contributed by atoms with van der Waals surface area (Å²) < 4.78 is 56.9. The van der Waals surface area contributed by atoms with Crippen LogP contribution in [0.4, 0.5) is 8.78 Å². The standard InChI is InChI=1S/C20H14ClF2N3O2S3/c1-29-20-18(5-11(8-24)30-20)31(27,28)12-6-14(21)19-17(7-12)26(10-25-19)9-13-15(22)3-2-4-16(13)23/h2-8,10,24H,9H2,1H3. The lowest BCUT2D eigenvalue weighted by Gasteiger charge is -2.09. The molecule has 160 valence electrons. The number of rotatable bonds is 6. The fraction of sp³-hybridized carbons (Fsp3) is 0.100. The summed E-state index contributed by atoms with van der Waals surface area (Å²) in [6.07, 6.45) is 4.22. The first-order valence-corrected chi connectivity index (χ1v) is 12.7. The number of halogens is 3. The summed E-state index contributed by atoms with van der Waals surface area (Å²) in [6, 6.07) is 7.74. The molecule has 5 nitrogen and oxygen atoms in total. The molecule has 0 aliphatic rings. The number of hydrogen-bond acceptors (Lipinski definition) is 6. The summed E-state index contributed by atoms with van der Waals surface area (Å²) in [5.41, 5.74) is 0.499. The molecule has 0 aliphatic heterocycles. The van der Waals surface area contributed by atoms with Crippen molar-refractivity contribution in [2.75, 3.05) is 6.26 Å². The van der Waals surface area contributed by atoms with Gasteiger partial charge in [-0.3, -0.25) is 0 Å². The minimum absolute atomic E-state index is 0.0645. The van der Waals surface area contributed by atoms with Gasteiger partial charge in [-0.15, -0.1) is 23.1 Å². The molecule has 0 saturated carbocycles. The largest absolute Gasteiger partial charge is 0.326 e. The Kier molecular flexibility index (Phi) is 5.91. The van der Waals surface area contributed by atoms with Crippen LogP contribution >= 0.6 is 34.7 Å². The highest BCUT2D eigenvalue weighted by molar-refractivity contribution is 8.01. The van der Waals surface area contributed by atoms with E-state index in [0.29, 0.717) is 20.1 Å². The zero-order chi connectivity index (χ0) is 22.3. The molecule has 31 heavy (non-hydrogen) atoms. The van der Waals surface area contributed by atoms with Gasteiger partial charge in [-0.1, -0.05) is 17.7 Å². The van der Waals surface area contributed by atoms with Crippen LogP contribution in [0, 0.1) is 17.0 Å². The summed E-state index contributed by atoms with van der Waals surface area (Å²) in [5.74, 6) is -1.42. The third-order valence-corrected chi connectivity index (χ3v) is 9.18. The van der Waals surface area contributed by atoms with E-state index in [2.05, 4.69) is 4.98 Å². The molecule has 0 amide bonds. The minimum Gasteiger partial charge on any atom is -0.326 e. The fourth-order valence-electron chi connectivity index (χ4n) is 3.13. The van der Waals surface area contributed by atoms with Crippen LogP contribution in [-0.4, -0.2) is 30.4 Å². The monoisotopic (exact) mass is 497 g/mol. The normalized spacial score (nSPS) is 11.9. The third-order valence-electron chi connectivity index (χ3n) is 4.66. The van der Waals surface area contributed by atoms with Gasteiger partial charge in [0.1, 0.15) is 17.2 Å². The molecule has 0 saturated heterocycles. The van der Waals surface area contributed by atoms with Crippen LogP contribution in [0.5, 0.6) is 0 Å². The average molecular weight is 498 g/mol. The minimum atomic E-state index is -3.96. The first-order valence-electron chi connectivity index (χ1n) is 8.77. The van der Waals surface area contributed by atoms with Crippen LogP contribution in [0.1, 0.15) is 10.4 Å². The van der Waals surface area contributed by atoms with Gasteiger partial charge in [0.05, 0.1) is 37.4 Å². The van der Waals surface area contributed by atoms with Crippen molar-refractivity contribution in [2.45, 2.75) is 20.5 Å². The lowest BCUT2D eigenvalue weighted by molar-refractivity contribution is 0.546. The number of thiophene rings is 1. The number of imidazole rings is 1. The molecule has 2 heterocycles. The molecule has 0 radical (unpaired) electrons. The van der Waals surface area contributed by atoms with Gasteiger partial charge in [0.15, 0.2) is 0 Å². The summed E-state index contributed by atoms with van der Waals surface area (Å²) in [6.45, 7) is -0.179. The van der Waals surface area contributed by atoms with Crippen molar-refractivity contribution in [3.8, 4) is 0 Å². The van der Waals surface area contributed by atoms with Crippen LogP contribution in [0.15, 0.2) is 56.7 Å². The lowest BCUT2D eigenvalue weighted by Crippen LogP contribution is -2.05. The topological polar surface area (TPSA) is 75.8 Å². The molecule has 1 N–H and O–H groups in total. The lowest BCUT2D eigenvalue weighted by atomic mass is 10.2. The van der Waals surface area contributed by atoms with Crippen LogP contribution in [-0.2, 0) is 16.4 Å². The highest BCUT2D eigenvalue weighted by atomic mass is 35.5. The number of fused-ring (bicyclic) bond motifs is 1. The Labute approximate surface area is 190 Å². The molecule has 4 aromatic rings. The fourth-order valence-corrected chi connectivity index (χ4v) is 7.36. The Bertz CT molecular complexity index is 1410. The smallest absolute Gasteiger partial charge is 0.208 e. The Morgan fingerprint density at radius 1 is 1.26 bits per heavy atom. The van der Waals surface area contributed by atoms with Crippen LogP contribution in [0.3, 0.4) is 0 Å². The van der Waals surface area contributed by atoms with E-state index in [1.807, 2.05) is 0 Å². The Morgan fingerprint density at radius 2 is 1.97 bits per heavy atom. The number of nitrogens with zero attached hydrogens (tertiary/aromatic N) is 2. The number of thioether (sulfide) groups is 1. The maximum absolute atomic E-state index is 14.1. The van der Waals surface area contributed by atoms with Gasteiger partial charge in [0.2, 0.25) is 9.84 Å². The van der Waals surface area contributed by atoms with Gasteiger partial charge >= 0.3 is 0 Å². The molecule has 2 aromatic carbocycles. The van der Waals surface area contributed by atoms with Crippen molar-refractivity contribution < 1.29 is 17.2 Å². The highest BCUT2D eigenvalue weighted by Crippen LogP contribution is 2.38. The van der Waals surface area contributed by atoms with E-state index in [1.54, 1.807) is 6.26 Å². The molecule has 0 aliphatic carbocycles. The van der Waals surface area contributed by atoms with E-state index in [-0.39, 0.29) is 26.9 Å². The molecule has 4 rings (SSSR count). The van der Waals surface area contributed by atoms with E-state index < -0.39 is 21.5 Å². The van der Waals surface area contributed by atoms with E-state index >= 15 is 0 Å². The van der Waals surface area contributed by atoms with Gasteiger partial charge in [-0.2, -0.15) is 0 Å². The first kappa shape index (κ1) is 21.9. The molecular weight excluding hydrogens is 484 g/mol. The van der Waals surface area contributed by atoms with Gasteiger partial charge in [-0.25, -0.2) is 22.2 Å². The van der Waals surface area contributed by atoms with E-state index in [9.17, 15) is 17.2 Å². The second-order valence-corrected chi connectivity index (χ2v) is 11.0. The first-order chi connectivity index (χ1) is 14.8. The van der Waals surface area contributed by atoms with Crippen LogP contribution in [0.25, 0.3) is 11.0 Å². The van der Waals surface area contributed by atoms with Crippen molar-refractivity contribution >= 4 is 61.8 Å². The van der Waals surface area contributed by atoms with E-state index in [0.717, 1.165) is 18.3 Å². The predicted octanol–water partition coefficient (Wildman–Crippen LogP) is 5.63. The number of nitrogens with one attached hydrogen (secondary N) is 1. The molecule has 0 unspecified atom stereocenters. The number of benzene rings is 2. The third kappa shape index (κ3) is 3.89. The van der Waals surface area contributed by atoms with Crippen LogP contribution < -0.4 is 0 Å². The summed E-state index contributed by atoms with van der Waals surface area (Å²) >= 11 is 8.79. The zero-order valence-electron chi connectivity index (χ0n) is 15.9. The Balaban J connectivity index is 1.86. The molecule has 0 atom stereocenters. The van der Waals surface area contributed by atoms with Gasteiger partial charge in [0, 0.05) is 16.7 Å². The molecule has 0 spiro atoms. The van der Waals surface area contributed by atoms with Crippen molar-refractivity contribution in [3.63, 3.8) is 0 Å². The van der Waals surface area contributed by atoms with E-state index in [1.165, 1.54) is 58.3 Å². The zero-order valence-corrected chi connectivity index (χ0v) is 19.1. The Hall–Kier alpha value is -2.27. The molecule has 11 heteroatoms. The van der Waals surface area contributed by atoms with Gasteiger partial charge in [0.25, 0.3) is 0 Å². The molecule has 2 aromatic heterocycles. The molecule has 0 bridgehead atoms. The molecule has 0 fully saturated rings. The van der Waals surface area contributed by atoms with Crippen molar-refractivity contribution in [2.24, 2.45) is 0 Å². The second-order valence-electron chi connectivity index (χ2n) is 6.50. The molecular formula is C20H14ClF2N3O2S3. The van der Waals surface area contributed by atoms with Gasteiger partial charge in [-0.05, 0) is 36.6 Å². The van der Waals surface area contributed by atoms with E-state index in [4.69, 9.17) is 17.0 Å². The number of sulfone groups is 1. The summed E-state index contributed by atoms with van der Waals surface area (Å²) in [7, 11) is -3.96. The highest BCUT2D eigenvalue weighted by Gasteiger charge is 2.26. The van der Waals surface area contributed by atoms with Crippen molar-refractivity contribution in [3.05, 3.63) is 69.8 Å². The van der Waals surface area contributed by atoms with Gasteiger partial charge < -0.3 is 9.98 Å². The van der Waals surface area contributed by atoms with Crippen molar-refractivity contribution in [1.82, 2.24) is 9.55 Å². The maximum Gasteiger partial charge on any atom is 0.208 e. The SMILES string of the molecule is CSc1sc(C=N)cc1S(=O)(=O)c1cc(Cl)c2ncn(Cc3c(F)cccc3F)c2c1. The van der Waals surface area contributed by atoms with Crippen molar-refractivity contribution in [1.29, 1.82) is 5.41 Å². The average Bonchev–Trinajstić information content (AvgIpc) is 3.35. The summed E-state index contributed by atoms with van der Waals surface area (Å²) in [4.78, 5) is 4.71. The quantitative estimate of drug-likeness (QED) is 0.276.